The Balaban J connectivity index is 2.19. The molecule has 5 heteroatoms. The summed E-state index contributed by atoms with van der Waals surface area (Å²) in [5.74, 6) is -0.253. The highest BCUT2D eigenvalue weighted by Gasteiger charge is 2.36. The van der Waals surface area contributed by atoms with Gasteiger partial charge in [0.15, 0.2) is 0 Å². The van der Waals surface area contributed by atoms with Gasteiger partial charge in [-0.1, -0.05) is 11.6 Å². The van der Waals surface area contributed by atoms with Crippen molar-refractivity contribution < 1.29 is 9.90 Å². The SMILES string of the molecule is CC(C)=CC[C@]1(CO)CCCN(C(=O)c2ccc[nH]c2=O)C1. The van der Waals surface area contributed by atoms with Gasteiger partial charge in [0.25, 0.3) is 11.5 Å². The lowest BCUT2D eigenvalue weighted by atomic mass is 9.77. The highest BCUT2D eigenvalue weighted by atomic mass is 16.3. The molecule has 2 heterocycles. The number of hydrogen-bond donors (Lipinski definition) is 2. The summed E-state index contributed by atoms with van der Waals surface area (Å²) in [6.45, 7) is 5.22. The quantitative estimate of drug-likeness (QED) is 0.835. The van der Waals surface area contributed by atoms with Gasteiger partial charge in [-0.15, -0.1) is 0 Å². The van der Waals surface area contributed by atoms with E-state index < -0.39 is 0 Å². The number of aromatic nitrogens is 1. The number of nitrogens with zero attached hydrogens (tertiary/aromatic N) is 1. The summed E-state index contributed by atoms with van der Waals surface area (Å²) in [7, 11) is 0. The number of piperidine rings is 1. The van der Waals surface area contributed by atoms with Gasteiger partial charge in [-0.3, -0.25) is 9.59 Å². The molecule has 22 heavy (non-hydrogen) atoms. The van der Waals surface area contributed by atoms with Crippen molar-refractivity contribution in [2.75, 3.05) is 19.7 Å². The third-order valence-corrected chi connectivity index (χ3v) is 4.28. The van der Waals surface area contributed by atoms with Crippen molar-refractivity contribution in [3.63, 3.8) is 0 Å². The predicted molar refractivity (Wildman–Crippen MR) is 85.8 cm³/mol. The fourth-order valence-electron chi connectivity index (χ4n) is 2.92. The van der Waals surface area contributed by atoms with Crippen LogP contribution in [0.1, 0.15) is 43.5 Å². The Morgan fingerprint density at radius 1 is 1.50 bits per heavy atom. The van der Waals surface area contributed by atoms with Gasteiger partial charge in [-0.25, -0.2) is 0 Å². The topological polar surface area (TPSA) is 73.4 Å². The summed E-state index contributed by atoms with van der Waals surface area (Å²) in [5, 5.41) is 9.84. The second kappa shape index (κ2) is 6.92. The van der Waals surface area contributed by atoms with Crippen LogP contribution in [0.2, 0.25) is 0 Å². The molecule has 1 aliphatic heterocycles. The summed E-state index contributed by atoms with van der Waals surface area (Å²) in [6, 6.07) is 3.20. The fourth-order valence-corrected chi connectivity index (χ4v) is 2.92. The predicted octanol–water partition coefficient (Wildman–Crippen LogP) is 1.95. The maximum atomic E-state index is 12.6. The summed E-state index contributed by atoms with van der Waals surface area (Å²) in [5.41, 5.74) is 0.707. The first-order valence-corrected chi connectivity index (χ1v) is 7.69. The van der Waals surface area contributed by atoms with Gasteiger partial charge in [0.1, 0.15) is 5.56 Å². The molecule has 1 aromatic rings. The molecule has 2 rings (SSSR count). The highest BCUT2D eigenvalue weighted by Crippen LogP contribution is 2.34. The monoisotopic (exact) mass is 304 g/mol. The number of H-pyrrole nitrogens is 1. The van der Waals surface area contributed by atoms with Gasteiger partial charge in [0.05, 0.1) is 6.61 Å². The van der Waals surface area contributed by atoms with Gasteiger partial charge in [0.2, 0.25) is 0 Å². The molecule has 1 saturated heterocycles. The summed E-state index contributed by atoms with van der Waals surface area (Å²) >= 11 is 0. The Morgan fingerprint density at radius 3 is 2.91 bits per heavy atom. The van der Waals surface area contributed by atoms with Crippen LogP contribution in [0, 0.1) is 5.41 Å². The smallest absolute Gasteiger partial charge is 0.260 e. The molecule has 1 atom stereocenters. The lowest BCUT2D eigenvalue weighted by Gasteiger charge is -2.41. The Labute approximate surface area is 130 Å². The largest absolute Gasteiger partial charge is 0.396 e. The summed E-state index contributed by atoms with van der Waals surface area (Å²) in [4.78, 5) is 28.6. The van der Waals surface area contributed by atoms with Gasteiger partial charge in [-0.2, -0.15) is 0 Å². The molecular formula is C17H24N2O3. The van der Waals surface area contributed by atoms with Crippen molar-refractivity contribution in [3.8, 4) is 0 Å². The second-order valence-electron chi connectivity index (χ2n) is 6.39. The number of allylic oxidation sites excluding steroid dienone is 2. The van der Waals surface area contributed by atoms with E-state index in [2.05, 4.69) is 11.1 Å². The minimum Gasteiger partial charge on any atom is -0.396 e. The molecule has 1 amide bonds. The van der Waals surface area contributed by atoms with E-state index in [9.17, 15) is 14.7 Å². The van der Waals surface area contributed by atoms with Gasteiger partial charge < -0.3 is 15.0 Å². The maximum Gasteiger partial charge on any atom is 0.260 e. The molecule has 0 aromatic carbocycles. The van der Waals surface area contributed by atoms with E-state index in [-0.39, 0.29) is 29.1 Å². The number of amides is 1. The van der Waals surface area contributed by atoms with Crippen molar-refractivity contribution in [3.05, 3.63) is 45.9 Å². The first-order valence-electron chi connectivity index (χ1n) is 7.69. The van der Waals surface area contributed by atoms with Crippen LogP contribution in [-0.2, 0) is 0 Å². The number of likely N-dealkylation sites (tertiary alicyclic amines) is 1. The van der Waals surface area contributed by atoms with Crippen molar-refractivity contribution in [1.82, 2.24) is 9.88 Å². The molecule has 5 nitrogen and oxygen atoms in total. The first kappa shape index (κ1) is 16.5. The van der Waals surface area contributed by atoms with E-state index in [1.807, 2.05) is 13.8 Å². The van der Waals surface area contributed by atoms with Crippen LogP contribution in [0.25, 0.3) is 0 Å². The Kier molecular flexibility index (Phi) is 5.19. The van der Waals surface area contributed by atoms with Gasteiger partial charge in [0, 0.05) is 24.7 Å². The molecule has 0 bridgehead atoms. The van der Waals surface area contributed by atoms with Crippen LogP contribution in [0.3, 0.4) is 0 Å². The van der Waals surface area contributed by atoms with E-state index in [1.54, 1.807) is 17.0 Å². The molecule has 0 radical (unpaired) electrons. The number of aliphatic hydroxyl groups is 1. The summed E-state index contributed by atoms with van der Waals surface area (Å²) in [6.07, 6.45) is 6.11. The Morgan fingerprint density at radius 2 is 2.27 bits per heavy atom. The normalized spacial score (nSPS) is 21.5. The van der Waals surface area contributed by atoms with Crippen molar-refractivity contribution in [2.45, 2.75) is 33.1 Å². The van der Waals surface area contributed by atoms with E-state index in [4.69, 9.17) is 0 Å². The van der Waals surface area contributed by atoms with Crippen molar-refractivity contribution in [1.29, 1.82) is 0 Å². The van der Waals surface area contributed by atoms with Crippen LogP contribution < -0.4 is 5.56 Å². The number of rotatable bonds is 4. The van der Waals surface area contributed by atoms with Crippen LogP contribution in [-0.4, -0.2) is 40.6 Å². The van der Waals surface area contributed by atoms with Crippen LogP contribution in [0.15, 0.2) is 34.8 Å². The standard InChI is InChI=1S/C17H24N2O3/c1-13(2)6-8-17(12-20)7-4-10-19(11-17)16(22)14-5-3-9-18-15(14)21/h3,5-6,9,20H,4,7-8,10-12H2,1-2H3,(H,18,21)/t17-/m1/s1. The Hall–Kier alpha value is -1.88. The number of nitrogens with one attached hydrogen (secondary N) is 1. The van der Waals surface area contributed by atoms with E-state index in [1.165, 1.54) is 11.8 Å². The molecule has 0 aliphatic carbocycles. The average molecular weight is 304 g/mol. The number of carbonyl (C=O) groups excluding carboxylic acids is 1. The second-order valence-corrected chi connectivity index (χ2v) is 6.39. The van der Waals surface area contributed by atoms with Gasteiger partial charge >= 0.3 is 0 Å². The zero-order valence-corrected chi connectivity index (χ0v) is 13.3. The zero-order valence-electron chi connectivity index (χ0n) is 13.3. The molecule has 1 aromatic heterocycles. The van der Waals surface area contributed by atoms with Crippen LogP contribution in [0.4, 0.5) is 0 Å². The van der Waals surface area contributed by atoms with Gasteiger partial charge in [-0.05, 0) is 45.2 Å². The van der Waals surface area contributed by atoms with E-state index in [0.29, 0.717) is 13.1 Å². The summed E-state index contributed by atoms with van der Waals surface area (Å²) < 4.78 is 0. The molecule has 0 spiro atoms. The number of aromatic amines is 1. The third kappa shape index (κ3) is 3.65. The molecule has 0 saturated carbocycles. The maximum absolute atomic E-state index is 12.6. The molecule has 2 N–H and O–H groups in total. The average Bonchev–Trinajstić information content (AvgIpc) is 2.53. The first-order chi connectivity index (χ1) is 10.5. The number of carbonyl (C=O) groups is 1. The molecular weight excluding hydrogens is 280 g/mol. The molecule has 120 valence electrons. The minimum absolute atomic E-state index is 0.0473. The third-order valence-electron chi connectivity index (χ3n) is 4.28. The Bertz CT molecular complexity index is 616. The van der Waals surface area contributed by atoms with E-state index >= 15 is 0 Å². The lowest BCUT2D eigenvalue weighted by Crippen LogP contribution is -2.48. The molecule has 1 aliphatic rings. The van der Waals surface area contributed by atoms with Crippen LogP contribution in [0.5, 0.6) is 0 Å². The van der Waals surface area contributed by atoms with Crippen molar-refractivity contribution in [2.24, 2.45) is 5.41 Å². The highest BCUT2D eigenvalue weighted by molar-refractivity contribution is 5.93. The minimum atomic E-state index is -0.364. The van der Waals surface area contributed by atoms with E-state index in [0.717, 1.165) is 19.3 Å². The fraction of sp³-hybridized carbons (Fsp3) is 0.529. The zero-order chi connectivity index (χ0) is 16.2. The molecule has 0 unspecified atom stereocenters. The lowest BCUT2D eigenvalue weighted by molar-refractivity contribution is 0.0283. The van der Waals surface area contributed by atoms with Crippen LogP contribution >= 0.6 is 0 Å². The number of pyridine rings is 1. The van der Waals surface area contributed by atoms with Crippen molar-refractivity contribution >= 4 is 5.91 Å². The molecule has 1 fully saturated rings. The number of aliphatic hydroxyl groups excluding tert-OH is 1. The number of hydrogen-bond acceptors (Lipinski definition) is 3.